The first-order chi connectivity index (χ1) is 17.1. The van der Waals surface area contributed by atoms with Crippen molar-refractivity contribution in [1.29, 1.82) is 0 Å². The Labute approximate surface area is 203 Å². The van der Waals surface area contributed by atoms with Crippen molar-refractivity contribution < 1.29 is 9.53 Å². The van der Waals surface area contributed by atoms with Gasteiger partial charge in [-0.15, -0.1) is 0 Å². The monoisotopic (exact) mass is 460 g/mol. The summed E-state index contributed by atoms with van der Waals surface area (Å²) in [6, 6.07) is 21.9. The molecule has 0 radical (unpaired) electrons. The zero-order valence-corrected chi connectivity index (χ0v) is 19.6. The first-order valence-corrected chi connectivity index (χ1v) is 11.7. The lowest BCUT2D eigenvalue weighted by Crippen LogP contribution is -2.21. The van der Waals surface area contributed by atoms with Gasteiger partial charge in [0, 0.05) is 35.5 Å². The Hall–Kier alpha value is -4.32. The molecule has 1 aliphatic rings. The molecule has 0 aliphatic heterocycles. The maximum Gasteiger partial charge on any atom is 0.165 e. The number of benzene rings is 2. The van der Waals surface area contributed by atoms with E-state index in [1.165, 1.54) is 0 Å². The number of rotatable bonds is 4. The summed E-state index contributed by atoms with van der Waals surface area (Å²) in [5.41, 5.74) is 6.94. The van der Waals surface area contributed by atoms with Gasteiger partial charge in [-0.25, -0.2) is 9.67 Å². The highest BCUT2D eigenvalue weighted by Crippen LogP contribution is 2.41. The quantitative estimate of drug-likeness (QED) is 0.343. The van der Waals surface area contributed by atoms with Crippen LogP contribution in [0.1, 0.15) is 39.6 Å². The molecule has 0 fully saturated rings. The van der Waals surface area contributed by atoms with Crippen molar-refractivity contribution in [2.24, 2.45) is 0 Å². The van der Waals surface area contributed by atoms with Crippen molar-refractivity contribution >= 4 is 16.8 Å². The highest BCUT2D eigenvalue weighted by Gasteiger charge is 2.33. The van der Waals surface area contributed by atoms with Gasteiger partial charge in [-0.2, -0.15) is 5.10 Å². The fourth-order valence-electron chi connectivity index (χ4n) is 5.10. The van der Waals surface area contributed by atoms with E-state index in [0.29, 0.717) is 18.4 Å². The summed E-state index contributed by atoms with van der Waals surface area (Å²) in [6.45, 7) is 1.98. The van der Waals surface area contributed by atoms with Crippen molar-refractivity contribution in [1.82, 2.24) is 19.7 Å². The smallest absolute Gasteiger partial charge is 0.165 e. The van der Waals surface area contributed by atoms with Gasteiger partial charge in [-0.05, 0) is 55.2 Å². The highest BCUT2D eigenvalue weighted by atomic mass is 16.5. The van der Waals surface area contributed by atoms with Crippen molar-refractivity contribution in [2.45, 2.75) is 25.7 Å². The number of carbonyl (C=O) groups excluding carboxylic acids is 1. The van der Waals surface area contributed by atoms with Crippen molar-refractivity contribution in [3.63, 3.8) is 0 Å². The maximum absolute atomic E-state index is 13.7. The Morgan fingerprint density at radius 2 is 1.74 bits per heavy atom. The molecule has 1 unspecified atom stereocenters. The molecule has 172 valence electrons. The van der Waals surface area contributed by atoms with Gasteiger partial charge in [0.25, 0.3) is 0 Å². The average Bonchev–Trinajstić information content (AvgIpc) is 3.24. The Morgan fingerprint density at radius 1 is 0.943 bits per heavy atom. The molecule has 1 aliphatic carbocycles. The number of para-hydroxylation sites is 1. The molecule has 0 saturated heterocycles. The normalized spacial score (nSPS) is 15.3. The van der Waals surface area contributed by atoms with Crippen LogP contribution < -0.4 is 4.74 Å². The van der Waals surface area contributed by atoms with Gasteiger partial charge in [-0.3, -0.25) is 9.78 Å². The minimum Gasteiger partial charge on any atom is -0.497 e. The van der Waals surface area contributed by atoms with Gasteiger partial charge in [0.1, 0.15) is 5.75 Å². The number of nitrogens with zero attached hydrogens (tertiary/aromatic N) is 4. The third kappa shape index (κ3) is 3.58. The molecule has 0 saturated carbocycles. The van der Waals surface area contributed by atoms with Gasteiger partial charge in [0.2, 0.25) is 0 Å². The van der Waals surface area contributed by atoms with Crippen LogP contribution in [0, 0.1) is 6.92 Å². The number of carbonyl (C=O) groups is 1. The lowest BCUT2D eigenvalue weighted by Gasteiger charge is -2.26. The van der Waals surface area contributed by atoms with Gasteiger partial charge < -0.3 is 4.74 Å². The zero-order valence-electron chi connectivity index (χ0n) is 19.6. The van der Waals surface area contributed by atoms with Gasteiger partial charge in [-0.1, -0.05) is 36.4 Å². The second kappa shape index (κ2) is 8.47. The minimum absolute atomic E-state index is 0.0572. The molecule has 0 bridgehead atoms. The third-order valence-electron chi connectivity index (χ3n) is 6.75. The number of ketones is 1. The lowest BCUT2D eigenvalue weighted by atomic mass is 9.78. The molecule has 1 atom stereocenters. The molecule has 35 heavy (non-hydrogen) atoms. The first kappa shape index (κ1) is 21.2. The Bertz CT molecular complexity index is 1540. The summed E-state index contributed by atoms with van der Waals surface area (Å²) < 4.78 is 7.19. The van der Waals surface area contributed by atoms with E-state index in [0.717, 1.165) is 50.5 Å². The van der Waals surface area contributed by atoms with Crippen LogP contribution in [-0.2, 0) is 6.42 Å². The Balaban J connectivity index is 1.59. The molecule has 0 spiro atoms. The van der Waals surface area contributed by atoms with Crippen molar-refractivity contribution in [3.8, 4) is 22.6 Å². The summed E-state index contributed by atoms with van der Waals surface area (Å²) >= 11 is 0. The van der Waals surface area contributed by atoms with E-state index in [4.69, 9.17) is 14.8 Å². The Morgan fingerprint density at radius 3 is 2.46 bits per heavy atom. The lowest BCUT2D eigenvalue weighted by molar-refractivity contribution is 0.0964. The average molecular weight is 461 g/mol. The predicted octanol–water partition coefficient (Wildman–Crippen LogP) is 5.71. The van der Waals surface area contributed by atoms with Gasteiger partial charge in [0.05, 0.1) is 29.6 Å². The number of hydrogen-bond acceptors (Lipinski definition) is 5. The summed E-state index contributed by atoms with van der Waals surface area (Å²) in [5.74, 6) is 0.964. The molecule has 3 heterocycles. The standard InChI is InChI=1S/C29H24N4O2/c1-18-26-27(20-7-6-14-30-17-20)28-24(31-29(26)33(32-18)22-8-4-3-5-9-22)15-21(16-25(28)34)19-10-12-23(35-2)13-11-19/h3-14,17,21H,15-16H2,1-2H3. The van der Waals surface area contributed by atoms with Gasteiger partial charge >= 0.3 is 0 Å². The number of Topliss-reactive ketones (excluding diaryl/α,β-unsaturated/α-hetero) is 1. The number of fused-ring (bicyclic) bond motifs is 2. The van der Waals surface area contributed by atoms with E-state index in [-0.39, 0.29) is 11.7 Å². The number of aromatic nitrogens is 4. The minimum atomic E-state index is 0.0572. The maximum atomic E-state index is 13.7. The molecule has 6 nitrogen and oxygen atoms in total. The van der Waals surface area contributed by atoms with E-state index in [2.05, 4.69) is 4.98 Å². The molecule has 2 aromatic carbocycles. The van der Waals surface area contributed by atoms with E-state index >= 15 is 0 Å². The SMILES string of the molecule is COc1ccc(C2CC(=O)c3c(nc4c(c(C)nn4-c4ccccc4)c3-c3cccnc3)C2)cc1. The molecule has 6 heteroatoms. The highest BCUT2D eigenvalue weighted by molar-refractivity contribution is 6.11. The van der Waals surface area contributed by atoms with E-state index < -0.39 is 0 Å². The fourth-order valence-corrected chi connectivity index (χ4v) is 5.10. The second-order valence-electron chi connectivity index (χ2n) is 8.88. The predicted molar refractivity (Wildman–Crippen MR) is 135 cm³/mol. The van der Waals surface area contributed by atoms with Crippen LogP contribution in [0.3, 0.4) is 0 Å². The number of aryl methyl sites for hydroxylation is 1. The molecule has 0 amide bonds. The molecule has 5 aromatic rings. The largest absolute Gasteiger partial charge is 0.497 e. The topological polar surface area (TPSA) is 69.9 Å². The first-order valence-electron chi connectivity index (χ1n) is 11.7. The fraction of sp³-hybridized carbons (Fsp3) is 0.172. The molecule has 3 aromatic heterocycles. The number of hydrogen-bond donors (Lipinski definition) is 0. The molecular weight excluding hydrogens is 436 g/mol. The number of ether oxygens (including phenoxy) is 1. The van der Waals surface area contributed by atoms with E-state index in [1.807, 2.05) is 84.5 Å². The summed E-state index contributed by atoms with van der Waals surface area (Å²) in [5, 5.41) is 5.75. The molecular formula is C29H24N4O2. The van der Waals surface area contributed by atoms with Gasteiger partial charge in [0.15, 0.2) is 11.4 Å². The molecule has 6 rings (SSSR count). The second-order valence-corrected chi connectivity index (χ2v) is 8.88. The van der Waals surface area contributed by atoms with Crippen LogP contribution in [0.5, 0.6) is 5.75 Å². The summed E-state index contributed by atoms with van der Waals surface area (Å²) in [6.07, 6.45) is 4.68. The summed E-state index contributed by atoms with van der Waals surface area (Å²) in [4.78, 5) is 23.1. The number of pyridine rings is 2. The third-order valence-corrected chi connectivity index (χ3v) is 6.75. The number of methoxy groups -OCH3 is 1. The van der Waals surface area contributed by atoms with Crippen LogP contribution in [0.2, 0.25) is 0 Å². The Kier molecular flexibility index (Phi) is 5.14. The molecule has 0 N–H and O–H groups in total. The van der Waals surface area contributed by atoms with Crippen molar-refractivity contribution in [3.05, 3.63) is 102 Å². The van der Waals surface area contributed by atoms with Crippen molar-refractivity contribution in [2.75, 3.05) is 7.11 Å². The zero-order chi connectivity index (χ0) is 23.9. The van der Waals surface area contributed by atoms with Crippen LogP contribution in [0.15, 0.2) is 79.1 Å². The van der Waals surface area contributed by atoms with E-state index in [1.54, 1.807) is 13.3 Å². The van der Waals surface area contributed by atoms with Crippen LogP contribution >= 0.6 is 0 Å². The van der Waals surface area contributed by atoms with Crippen LogP contribution in [0.25, 0.3) is 27.8 Å². The van der Waals surface area contributed by atoms with Crippen LogP contribution in [0.4, 0.5) is 0 Å². The summed E-state index contributed by atoms with van der Waals surface area (Å²) in [7, 11) is 1.66. The van der Waals surface area contributed by atoms with Crippen LogP contribution in [-0.4, -0.2) is 32.6 Å². The van der Waals surface area contributed by atoms with E-state index in [9.17, 15) is 4.79 Å².